The van der Waals surface area contributed by atoms with E-state index in [2.05, 4.69) is 36.7 Å². The zero-order valence-corrected chi connectivity index (χ0v) is 13.3. The van der Waals surface area contributed by atoms with Crippen LogP contribution in [0.15, 0.2) is 23.0 Å². The van der Waals surface area contributed by atoms with Crippen LogP contribution in [0.2, 0.25) is 0 Å². The van der Waals surface area contributed by atoms with Crippen molar-refractivity contribution in [3.63, 3.8) is 0 Å². The molecule has 24 heavy (non-hydrogen) atoms. The summed E-state index contributed by atoms with van der Waals surface area (Å²) < 4.78 is 0. The molecule has 8 nitrogen and oxygen atoms in total. The van der Waals surface area contributed by atoms with Crippen LogP contribution in [0.25, 0.3) is 0 Å². The maximum Gasteiger partial charge on any atom is 0.271 e. The molecule has 0 atom stereocenters. The number of aromatic nitrogens is 4. The van der Waals surface area contributed by atoms with Crippen LogP contribution in [0.5, 0.6) is 0 Å². The number of H-pyrrole nitrogens is 2. The average molecular weight is 328 g/mol. The lowest BCUT2D eigenvalue weighted by atomic mass is 10.0. The Morgan fingerprint density at radius 2 is 1.92 bits per heavy atom. The second kappa shape index (κ2) is 6.10. The molecule has 3 N–H and O–H groups in total. The van der Waals surface area contributed by atoms with Crippen molar-refractivity contribution in [2.45, 2.75) is 37.6 Å². The summed E-state index contributed by atoms with van der Waals surface area (Å²) in [7, 11) is 0. The lowest BCUT2D eigenvalue weighted by Crippen LogP contribution is -2.45. The van der Waals surface area contributed by atoms with Gasteiger partial charge in [-0.15, -0.1) is 0 Å². The Balaban J connectivity index is 1.31. The largest absolute Gasteiger partial charge is 0.355 e. The molecule has 0 unspecified atom stereocenters. The van der Waals surface area contributed by atoms with Gasteiger partial charge in [0.25, 0.3) is 11.5 Å². The lowest BCUT2D eigenvalue weighted by molar-refractivity contribution is 0.0925. The molecule has 2 fully saturated rings. The van der Waals surface area contributed by atoms with Crippen LogP contribution < -0.4 is 15.8 Å². The number of piperidine rings is 1. The van der Waals surface area contributed by atoms with E-state index in [0.717, 1.165) is 31.7 Å². The molecule has 4 rings (SSSR count). The Bertz CT molecular complexity index is 765. The number of hydrogen-bond acceptors (Lipinski definition) is 5. The summed E-state index contributed by atoms with van der Waals surface area (Å²) in [4.78, 5) is 25.4. The van der Waals surface area contributed by atoms with Crippen LogP contribution in [0.3, 0.4) is 0 Å². The van der Waals surface area contributed by atoms with Gasteiger partial charge >= 0.3 is 0 Å². The van der Waals surface area contributed by atoms with Gasteiger partial charge in [-0.3, -0.25) is 14.7 Å². The van der Waals surface area contributed by atoms with Gasteiger partial charge in [0.2, 0.25) is 0 Å². The summed E-state index contributed by atoms with van der Waals surface area (Å²) >= 11 is 0. The van der Waals surface area contributed by atoms with Crippen molar-refractivity contribution in [1.82, 2.24) is 25.7 Å². The standard InChI is InChI=1S/C16H20N6O2/c23-15-4-3-12(18-21-15)16(24)17-11-5-7-22(8-6-11)14-9-13(19-20-14)10-1-2-10/h3-4,9-11H,1-2,5-8H2,(H,17,24)(H,19,20)(H,21,23). The molecule has 1 saturated carbocycles. The van der Waals surface area contributed by atoms with E-state index in [1.807, 2.05) is 0 Å². The molecule has 1 aliphatic carbocycles. The predicted octanol–water partition coefficient (Wildman–Crippen LogP) is 0.769. The highest BCUT2D eigenvalue weighted by Gasteiger charge is 2.27. The van der Waals surface area contributed by atoms with E-state index in [4.69, 9.17) is 0 Å². The molecule has 0 spiro atoms. The van der Waals surface area contributed by atoms with E-state index in [1.165, 1.54) is 30.7 Å². The van der Waals surface area contributed by atoms with Crippen LogP contribution in [0.4, 0.5) is 5.82 Å². The lowest BCUT2D eigenvalue weighted by Gasteiger charge is -2.32. The van der Waals surface area contributed by atoms with E-state index in [0.29, 0.717) is 5.92 Å². The molecule has 0 bridgehead atoms. The number of nitrogens with zero attached hydrogens (tertiary/aromatic N) is 3. The monoisotopic (exact) mass is 328 g/mol. The zero-order chi connectivity index (χ0) is 16.5. The number of hydrogen-bond donors (Lipinski definition) is 3. The van der Waals surface area contributed by atoms with E-state index in [1.54, 1.807) is 0 Å². The molecule has 1 aliphatic heterocycles. The van der Waals surface area contributed by atoms with Crippen LogP contribution >= 0.6 is 0 Å². The SMILES string of the molecule is O=C(NC1CCN(c2cc(C3CC3)[nH]n2)CC1)c1ccc(=O)[nH]n1. The molecular formula is C16H20N6O2. The second-order valence-electron chi connectivity index (χ2n) is 6.50. The summed E-state index contributed by atoms with van der Waals surface area (Å²) in [5.41, 5.74) is 1.16. The minimum Gasteiger partial charge on any atom is -0.355 e. The first-order valence-electron chi connectivity index (χ1n) is 8.36. The van der Waals surface area contributed by atoms with E-state index >= 15 is 0 Å². The van der Waals surface area contributed by atoms with Crippen LogP contribution in [0, 0.1) is 0 Å². The fourth-order valence-electron chi connectivity index (χ4n) is 3.07. The number of rotatable bonds is 4. The highest BCUT2D eigenvalue weighted by molar-refractivity contribution is 5.92. The Labute approximate surface area is 138 Å². The first-order valence-corrected chi connectivity index (χ1v) is 8.36. The van der Waals surface area contributed by atoms with E-state index in [-0.39, 0.29) is 23.2 Å². The molecule has 2 aromatic rings. The summed E-state index contributed by atoms with van der Waals surface area (Å²) in [5.74, 6) is 1.43. The number of anilines is 1. The molecule has 126 valence electrons. The second-order valence-corrected chi connectivity index (χ2v) is 6.50. The van der Waals surface area contributed by atoms with Crippen LogP contribution in [0.1, 0.15) is 47.8 Å². The Morgan fingerprint density at radius 1 is 1.12 bits per heavy atom. The fourth-order valence-corrected chi connectivity index (χ4v) is 3.07. The normalized spacial score (nSPS) is 18.6. The molecule has 0 aromatic carbocycles. The summed E-state index contributed by atoms with van der Waals surface area (Å²) in [6, 6.07) is 5.01. The summed E-state index contributed by atoms with van der Waals surface area (Å²) in [6.07, 6.45) is 4.24. The molecule has 3 heterocycles. The highest BCUT2D eigenvalue weighted by Crippen LogP contribution is 2.40. The molecule has 1 saturated heterocycles. The summed E-state index contributed by atoms with van der Waals surface area (Å²) in [5, 5.41) is 16.6. The minimum absolute atomic E-state index is 0.115. The zero-order valence-electron chi connectivity index (χ0n) is 13.3. The van der Waals surface area contributed by atoms with Crippen molar-refractivity contribution in [1.29, 1.82) is 0 Å². The molecule has 1 amide bonds. The van der Waals surface area contributed by atoms with Gasteiger partial charge in [-0.05, 0) is 31.7 Å². The average Bonchev–Trinajstić information content (AvgIpc) is 3.33. The third kappa shape index (κ3) is 3.17. The first-order chi connectivity index (χ1) is 11.7. The summed E-state index contributed by atoms with van der Waals surface area (Å²) in [6.45, 7) is 1.72. The molecular weight excluding hydrogens is 308 g/mol. The van der Waals surface area contributed by atoms with Crippen molar-refractivity contribution in [2.24, 2.45) is 0 Å². The van der Waals surface area contributed by atoms with Crippen molar-refractivity contribution < 1.29 is 4.79 Å². The van der Waals surface area contributed by atoms with Gasteiger partial charge in [-0.2, -0.15) is 10.2 Å². The highest BCUT2D eigenvalue weighted by atomic mass is 16.2. The predicted molar refractivity (Wildman–Crippen MR) is 88.1 cm³/mol. The Kier molecular flexibility index (Phi) is 3.79. The van der Waals surface area contributed by atoms with Gasteiger partial charge in [0.15, 0.2) is 5.82 Å². The number of carbonyl (C=O) groups is 1. The van der Waals surface area contributed by atoms with Crippen molar-refractivity contribution in [2.75, 3.05) is 18.0 Å². The number of aromatic amines is 2. The number of nitrogens with one attached hydrogen (secondary N) is 3. The number of amides is 1. The van der Waals surface area contributed by atoms with Crippen LogP contribution in [-0.2, 0) is 0 Å². The fraction of sp³-hybridized carbons (Fsp3) is 0.500. The minimum atomic E-state index is -0.315. The van der Waals surface area contributed by atoms with Gasteiger partial charge in [0.1, 0.15) is 5.69 Å². The molecule has 0 radical (unpaired) electrons. The first kappa shape index (κ1) is 14.9. The maximum atomic E-state index is 12.1. The van der Waals surface area contributed by atoms with Crippen molar-refractivity contribution in [3.8, 4) is 0 Å². The van der Waals surface area contributed by atoms with Crippen molar-refractivity contribution in [3.05, 3.63) is 39.9 Å². The molecule has 2 aliphatic rings. The van der Waals surface area contributed by atoms with E-state index in [9.17, 15) is 9.59 Å². The van der Waals surface area contributed by atoms with Gasteiger partial charge in [-0.25, -0.2) is 5.10 Å². The smallest absolute Gasteiger partial charge is 0.271 e. The molecule has 8 heteroatoms. The van der Waals surface area contributed by atoms with Crippen molar-refractivity contribution >= 4 is 11.7 Å². The third-order valence-corrected chi connectivity index (χ3v) is 4.67. The molecule has 2 aromatic heterocycles. The topological polar surface area (TPSA) is 107 Å². The van der Waals surface area contributed by atoms with E-state index < -0.39 is 0 Å². The van der Waals surface area contributed by atoms with Gasteiger partial charge in [0, 0.05) is 42.9 Å². The Morgan fingerprint density at radius 3 is 2.58 bits per heavy atom. The Hall–Kier alpha value is -2.64. The van der Waals surface area contributed by atoms with Gasteiger partial charge in [-0.1, -0.05) is 0 Å². The van der Waals surface area contributed by atoms with Gasteiger partial charge in [0.05, 0.1) is 0 Å². The number of carbonyl (C=O) groups excluding carboxylic acids is 1. The van der Waals surface area contributed by atoms with Gasteiger partial charge < -0.3 is 10.2 Å². The quantitative estimate of drug-likeness (QED) is 0.768. The van der Waals surface area contributed by atoms with Crippen LogP contribution in [-0.4, -0.2) is 45.4 Å². The maximum absolute atomic E-state index is 12.1. The third-order valence-electron chi connectivity index (χ3n) is 4.67.